The molecule has 0 saturated carbocycles. The molecule has 2 atom stereocenters. The zero-order valence-corrected chi connectivity index (χ0v) is 42.9. The Kier molecular flexibility index (Phi) is 13.7. The number of rotatable bonds is 15. The van der Waals surface area contributed by atoms with Crippen LogP contribution >= 0.6 is 0 Å². The summed E-state index contributed by atoms with van der Waals surface area (Å²) in [7, 11) is 0. The molecule has 0 saturated heterocycles. The van der Waals surface area contributed by atoms with E-state index in [1.807, 2.05) is 0 Å². The molecule has 1 aliphatic rings. The quantitative estimate of drug-likeness (QED) is 0.0905. The molecule has 0 amide bonds. The van der Waals surface area contributed by atoms with E-state index in [1.165, 1.54) is 119 Å². The minimum atomic E-state index is -0.0175. The molecule has 0 radical (unpaired) electrons. The highest BCUT2D eigenvalue weighted by Crippen LogP contribution is 2.49. The third kappa shape index (κ3) is 9.51. The maximum Gasteiger partial charge on any atom is 0.213 e. The molecule has 0 N–H and O–H groups in total. The number of aromatic nitrogens is 2. The number of unbranched alkanes of at least 4 members (excludes halogenated alkanes) is 1. The molecule has 0 bridgehead atoms. The van der Waals surface area contributed by atoms with E-state index in [1.54, 1.807) is 0 Å². The van der Waals surface area contributed by atoms with Gasteiger partial charge in [0, 0.05) is 42.2 Å². The maximum atomic E-state index is 2.67. The summed E-state index contributed by atoms with van der Waals surface area (Å²) < 4.78 is 5.19. The van der Waals surface area contributed by atoms with Crippen molar-refractivity contribution in [3.63, 3.8) is 0 Å². The van der Waals surface area contributed by atoms with Gasteiger partial charge in [0.15, 0.2) is 18.4 Å². The highest BCUT2D eigenvalue weighted by Gasteiger charge is 2.50. The van der Waals surface area contributed by atoms with Crippen LogP contribution in [0.2, 0.25) is 0 Å². The Morgan fingerprint density at radius 3 is 1.52 bits per heavy atom. The lowest BCUT2D eigenvalue weighted by molar-refractivity contribution is -0.730. The van der Waals surface area contributed by atoms with Gasteiger partial charge in [0.2, 0.25) is 11.4 Å². The number of fused-ring (bicyclic) bond motifs is 3. The zero-order chi connectivity index (χ0) is 49.7. The minimum Gasteiger partial charge on any atom is -0.198 e. The van der Waals surface area contributed by atoms with E-state index >= 15 is 0 Å². The summed E-state index contributed by atoms with van der Waals surface area (Å²) >= 11 is 0. The van der Waals surface area contributed by atoms with Gasteiger partial charge in [-0.1, -0.05) is 167 Å². The fourth-order valence-corrected chi connectivity index (χ4v) is 12.0. The summed E-state index contributed by atoms with van der Waals surface area (Å²) in [5, 5.41) is 0. The predicted octanol–water partition coefficient (Wildman–Crippen LogP) is 18.0. The minimum absolute atomic E-state index is 0.0175. The summed E-state index contributed by atoms with van der Waals surface area (Å²) in [6, 6.07) is 83.8. The number of benzene rings is 8. The number of pyridine rings is 2. The van der Waals surface area contributed by atoms with Crippen LogP contribution in [0.3, 0.4) is 0 Å². The van der Waals surface area contributed by atoms with Gasteiger partial charge in [-0.2, -0.15) is 9.13 Å². The van der Waals surface area contributed by atoms with Crippen molar-refractivity contribution in [1.29, 1.82) is 0 Å². The number of hydrogen-bond acceptors (Lipinski definition) is 0. The summed E-state index contributed by atoms with van der Waals surface area (Å²) in [6.07, 6.45) is 11.6. The average molecular weight is 947 g/mol. The lowest BCUT2D eigenvalue weighted by atomic mass is 9.65. The molecule has 3 heterocycles. The lowest BCUT2D eigenvalue weighted by Crippen LogP contribution is -2.57. The van der Waals surface area contributed by atoms with E-state index in [4.69, 9.17) is 0 Å². The topological polar surface area (TPSA) is 7.76 Å². The van der Waals surface area contributed by atoms with Gasteiger partial charge in [0.25, 0.3) is 0 Å². The van der Waals surface area contributed by atoms with Gasteiger partial charge < -0.3 is 0 Å². The van der Waals surface area contributed by atoms with Crippen LogP contribution in [0, 0.1) is 6.92 Å². The van der Waals surface area contributed by atoms with E-state index in [2.05, 4.69) is 274 Å². The SMILES string of the molecule is CCCCc1ccc2[n+](c1)C(CC)C(CC)(CC[n+]1ccccc1-c1cc(-c3cccc(-c4cc(-c5ccccc5)cc(-c5cc(-c6ccccc6)cc(-c6ccccc6)c5)c4)c3)ccc1C)c1ccccc1-2. The molecule has 1 aliphatic heterocycles. The van der Waals surface area contributed by atoms with Crippen LogP contribution in [-0.4, -0.2) is 0 Å². The second-order valence-corrected chi connectivity index (χ2v) is 20.2. The van der Waals surface area contributed by atoms with Crippen LogP contribution in [0.15, 0.2) is 237 Å². The van der Waals surface area contributed by atoms with Crippen molar-refractivity contribution in [3.05, 3.63) is 254 Å². The fraction of sp³-hybridized carbons (Fsp3) is 0.183. The number of hydrogen-bond donors (Lipinski definition) is 0. The first-order valence-corrected chi connectivity index (χ1v) is 26.7. The monoisotopic (exact) mass is 947 g/mol. The van der Waals surface area contributed by atoms with Crippen molar-refractivity contribution in [2.75, 3.05) is 0 Å². The van der Waals surface area contributed by atoms with Crippen LogP contribution in [-0.2, 0) is 18.4 Å². The van der Waals surface area contributed by atoms with Gasteiger partial charge in [-0.15, -0.1) is 0 Å². The molecule has 2 heteroatoms. The molecule has 0 fully saturated rings. The van der Waals surface area contributed by atoms with E-state index in [9.17, 15) is 0 Å². The Balaban J connectivity index is 0.954. The van der Waals surface area contributed by atoms with Crippen LogP contribution in [0.4, 0.5) is 0 Å². The van der Waals surface area contributed by atoms with E-state index in [0.29, 0.717) is 6.04 Å². The summed E-state index contributed by atoms with van der Waals surface area (Å²) in [6.45, 7) is 10.3. The van der Waals surface area contributed by atoms with Gasteiger partial charge in [0.1, 0.15) is 6.54 Å². The van der Waals surface area contributed by atoms with E-state index in [0.717, 1.165) is 32.2 Å². The first-order chi connectivity index (χ1) is 35.9. The molecule has 2 nitrogen and oxygen atoms in total. The first kappa shape index (κ1) is 47.4. The third-order valence-electron chi connectivity index (χ3n) is 15.9. The second kappa shape index (κ2) is 21.0. The molecule has 0 spiro atoms. The van der Waals surface area contributed by atoms with E-state index < -0.39 is 0 Å². The van der Waals surface area contributed by atoms with Crippen molar-refractivity contribution in [3.8, 4) is 89.3 Å². The van der Waals surface area contributed by atoms with Crippen molar-refractivity contribution >= 4 is 0 Å². The standard InChI is InChI=1S/C71H66N2/c1-5-8-23-52-36-38-69-65-32-18-19-33-67(65)71(7-3,70(6-2)73(69)50-52)39-41-72-40-21-20-34-68(72)66-49-58(37-35-51(66)4)56-30-22-31-57(42-56)62-44-61(55-28-16-11-17-29-55)47-64(48-62)63-45-59(53-24-12-9-13-25-53)43-60(46-63)54-26-14-10-15-27-54/h9-22,24-38,40,42-50,70H,5-8,23,39,41H2,1-4H3/q+2. The van der Waals surface area contributed by atoms with E-state index in [-0.39, 0.29) is 5.41 Å². The van der Waals surface area contributed by atoms with Crippen molar-refractivity contribution in [2.45, 2.75) is 84.2 Å². The lowest BCUT2D eigenvalue weighted by Gasteiger charge is -2.41. The molecule has 11 rings (SSSR count). The van der Waals surface area contributed by atoms with Crippen LogP contribution in [0.1, 0.15) is 75.6 Å². The third-order valence-corrected chi connectivity index (χ3v) is 15.9. The Morgan fingerprint density at radius 1 is 0.425 bits per heavy atom. The zero-order valence-electron chi connectivity index (χ0n) is 42.9. The molecule has 2 unspecified atom stereocenters. The maximum absolute atomic E-state index is 2.67. The molecular weight excluding hydrogens is 881 g/mol. The Labute approximate surface area is 434 Å². The van der Waals surface area contributed by atoms with Crippen molar-refractivity contribution < 1.29 is 9.13 Å². The smallest absolute Gasteiger partial charge is 0.198 e. The Bertz CT molecular complexity index is 3480. The van der Waals surface area contributed by atoms with Crippen LogP contribution < -0.4 is 9.13 Å². The average Bonchev–Trinajstić information content (AvgIpc) is 3.46. The first-order valence-electron chi connectivity index (χ1n) is 26.7. The Hall–Kier alpha value is -7.94. The largest absolute Gasteiger partial charge is 0.213 e. The molecule has 2 aromatic heterocycles. The number of nitrogens with zero attached hydrogens (tertiary/aromatic N) is 2. The molecule has 8 aromatic carbocycles. The van der Waals surface area contributed by atoms with Gasteiger partial charge in [-0.3, -0.25) is 0 Å². The van der Waals surface area contributed by atoms with Crippen molar-refractivity contribution in [2.24, 2.45) is 0 Å². The predicted molar refractivity (Wildman–Crippen MR) is 306 cm³/mol. The number of aryl methyl sites for hydroxylation is 3. The van der Waals surface area contributed by atoms with Crippen LogP contribution in [0.5, 0.6) is 0 Å². The summed E-state index contributed by atoms with van der Waals surface area (Å²) in [5.41, 5.74) is 23.9. The molecule has 73 heavy (non-hydrogen) atoms. The summed E-state index contributed by atoms with van der Waals surface area (Å²) in [4.78, 5) is 0. The van der Waals surface area contributed by atoms with Gasteiger partial charge in [0.05, 0.1) is 11.0 Å². The summed E-state index contributed by atoms with van der Waals surface area (Å²) in [5.74, 6) is 0. The van der Waals surface area contributed by atoms with Gasteiger partial charge >= 0.3 is 0 Å². The fourth-order valence-electron chi connectivity index (χ4n) is 12.0. The van der Waals surface area contributed by atoms with Crippen LogP contribution in [0.25, 0.3) is 89.3 Å². The molecular formula is C71H66N2+2. The normalized spacial score (nSPS) is 14.9. The Morgan fingerprint density at radius 2 is 0.932 bits per heavy atom. The highest BCUT2D eigenvalue weighted by atomic mass is 15.0. The molecule has 10 aromatic rings. The molecule has 0 aliphatic carbocycles. The van der Waals surface area contributed by atoms with Gasteiger partial charge in [-0.05, 0) is 171 Å². The second-order valence-electron chi connectivity index (χ2n) is 20.2. The van der Waals surface area contributed by atoms with Crippen molar-refractivity contribution in [1.82, 2.24) is 0 Å². The molecule has 358 valence electrons. The highest BCUT2D eigenvalue weighted by molar-refractivity contribution is 5.87. The van der Waals surface area contributed by atoms with Gasteiger partial charge in [-0.25, -0.2) is 0 Å².